The fourth-order valence-electron chi connectivity index (χ4n) is 5.24. The number of methoxy groups -OCH3 is 1. The summed E-state index contributed by atoms with van der Waals surface area (Å²) >= 11 is 0. The predicted molar refractivity (Wildman–Crippen MR) is 122 cm³/mol. The van der Waals surface area contributed by atoms with Crippen LogP contribution < -0.4 is 0 Å². The number of carboxylic acid groups (broad SMARTS) is 1. The molecule has 4 N–H and O–H groups in total. The molecule has 0 bridgehead atoms. The molecule has 188 valence electrons. The molecule has 0 saturated carbocycles. The first-order valence-electron chi connectivity index (χ1n) is 12.0. The second kappa shape index (κ2) is 12.1. The molecule has 7 atom stereocenters. The van der Waals surface area contributed by atoms with Crippen LogP contribution >= 0.6 is 0 Å². The van der Waals surface area contributed by atoms with E-state index in [0.29, 0.717) is 32.1 Å². The summed E-state index contributed by atoms with van der Waals surface area (Å²) < 4.78 is 11.5. The molecular formula is C25H40O8. The average Bonchev–Trinajstić information content (AvgIpc) is 2.74. The Hall–Kier alpha value is -1.74. The summed E-state index contributed by atoms with van der Waals surface area (Å²) in [6, 6.07) is 0. The molecule has 0 fully saturated rings. The highest BCUT2D eigenvalue weighted by Crippen LogP contribution is 2.44. The molecule has 0 aromatic carbocycles. The Morgan fingerprint density at radius 2 is 1.88 bits per heavy atom. The van der Waals surface area contributed by atoms with Crippen molar-refractivity contribution < 1.29 is 39.5 Å². The zero-order valence-electron chi connectivity index (χ0n) is 20.1. The van der Waals surface area contributed by atoms with E-state index >= 15 is 0 Å². The van der Waals surface area contributed by atoms with E-state index in [2.05, 4.69) is 13.0 Å². The minimum absolute atomic E-state index is 0.00289. The maximum atomic E-state index is 13.1. The molecule has 33 heavy (non-hydrogen) atoms. The van der Waals surface area contributed by atoms with Crippen LogP contribution in [-0.2, 0) is 19.1 Å². The van der Waals surface area contributed by atoms with Crippen LogP contribution in [0.1, 0.15) is 65.7 Å². The summed E-state index contributed by atoms with van der Waals surface area (Å²) in [7, 11) is 1.50. The van der Waals surface area contributed by atoms with Crippen LogP contribution in [0, 0.1) is 17.8 Å². The molecule has 0 aliphatic heterocycles. The minimum Gasteiger partial charge on any atom is -0.481 e. The number of carbonyl (C=O) groups is 2. The molecule has 0 aromatic heterocycles. The summed E-state index contributed by atoms with van der Waals surface area (Å²) in [6.07, 6.45) is 4.52. The number of aliphatic hydroxyl groups is 3. The summed E-state index contributed by atoms with van der Waals surface area (Å²) in [5.41, 5.74) is -0.0972. The SMILES string of the molecule is CCC(CC)(OC)C(=O)O[C@H]1C[C@H](O)C=C2C=C[C@@H](C)[C@H](CC[C@@H](O)C[C@@H](O)CC(=O)O)[C@H]21. The van der Waals surface area contributed by atoms with Gasteiger partial charge in [0, 0.05) is 19.4 Å². The topological polar surface area (TPSA) is 134 Å². The van der Waals surface area contributed by atoms with Gasteiger partial charge in [0.1, 0.15) is 6.10 Å². The Balaban J connectivity index is 2.17. The normalized spacial score (nSPS) is 29.1. The molecule has 2 aliphatic rings. The van der Waals surface area contributed by atoms with Gasteiger partial charge < -0.3 is 29.9 Å². The minimum atomic E-state index is -1.10. The molecule has 0 radical (unpaired) electrons. The molecule has 8 nitrogen and oxygen atoms in total. The third kappa shape index (κ3) is 6.88. The number of ether oxygens (including phenoxy) is 2. The predicted octanol–water partition coefficient (Wildman–Crippen LogP) is 2.60. The summed E-state index contributed by atoms with van der Waals surface area (Å²) in [5.74, 6) is -1.45. The molecule has 0 unspecified atom stereocenters. The highest BCUT2D eigenvalue weighted by molar-refractivity contribution is 5.79. The van der Waals surface area contributed by atoms with E-state index in [1.807, 2.05) is 19.9 Å². The van der Waals surface area contributed by atoms with Gasteiger partial charge >= 0.3 is 11.9 Å². The van der Waals surface area contributed by atoms with Crippen molar-refractivity contribution in [1.29, 1.82) is 0 Å². The highest BCUT2D eigenvalue weighted by Gasteiger charge is 2.45. The number of fused-ring (bicyclic) bond motifs is 1. The van der Waals surface area contributed by atoms with Gasteiger partial charge in [-0.05, 0) is 49.5 Å². The number of hydrogen-bond acceptors (Lipinski definition) is 7. The van der Waals surface area contributed by atoms with Crippen LogP contribution in [0.5, 0.6) is 0 Å². The monoisotopic (exact) mass is 468 g/mol. The standard InChI is InChI=1S/C25H40O8/c1-5-25(6-2,32-4)24(31)33-21-13-18(27)11-16-8-7-15(3)20(23(16)21)10-9-17(26)12-19(28)14-22(29)30/h7-8,11,15,17-21,23,26-28H,5-6,9-10,12-14H2,1-4H3,(H,29,30)/t15-,17-,18-,19-,20+,21+,23+/m1/s1. The Kier molecular flexibility index (Phi) is 10.1. The van der Waals surface area contributed by atoms with Crippen LogP contribution in [0.25, 0.3) is 0 Å². The van der Waals surface area contributed by atoms with Gasteiger partial charge in [-0.25, -0.2) is 4.79 Å². The van der Waals surface area contributed by atoms with Crippen LogP contribution in [0.3, 0.4) is 0 Å². The van der Waals surface area contributed by atoms with Gasteiger partial charge in [0.05, 0.1) is 24.7 Å². The summed E-state index contributed by atoms with van der Waals surface area (Å²) in [4.78, 5) is 23.8. The quantitative estimate of drug-likeness (QED) is 0.321. The van der Waals surface area contributed by atoms with E-state index in [-0.39, 0.29) is 24.2 Å². The van der Waals surface area contributed by atoms with Gasteiger partial charge in [0.25, 0.3) is 0 Å². The number of esters is 1. The van der Waals surface area contributed by atoms with E-state index in [1.165, 1.54) is 7.11 Å². The van der Waals surface area contributed by atoms with Crippen molar-refractivity contribution in [2.45, 2.75) is 95.7 Å². The molecular weight excluding hydrogens is 428 g/mol. The third-order valence-electron chi connectivity index (χ3n) is 7.32. The lowest BCUT2D eigenvalue weighted by Gasteiger charge is -2.43. The Labute approximate surface area is 196 Å². The van der Waals surface area contributed by atoms with Gasteiger partial charge in [-0.15, -0.1) is 0 Å². The Morgan fingerprint density at radius 3 is 2.45 bits per heavy atom. The maximum Gasteiger partial charge on any atom is 0.338 e. The summed E-state index contributed by atoms with van der Waals surface area (Å²) in [6.45, 7) is 5.83. The smallest absolute Gasteiger partial charge is 0.338 e. The zero-order chi connectivity index (χ0) is 24.8. The van der Waals surface area contributed by atoms with Gasteiger partial charge in [-0.2, -0.15) is 0 Å². The lowest BCUT2D eigenvalue weighted by molar-refractivity contribution is -0.181. The number of hydrogen-bond donors (Lipinski definition) is 4. The van der Waals surface area contributed by atoms with Gasteiger partial charge in [0.15, 0.2) is 5.60 Å². The zero-order valence-corrected chi connectivity index (χ0v) is 20.1. The first-order chi connectivity index (χ1) is 15.6. The van der Waals surface area contributed by atoms with E-state index < -0.39 is 48.4 Å². The Morgan fingerprint density at radius 1 is 1.21 bits per heavy atom. The first kappa shape index (κ1) is 27.5. The molecule has 0 heterocycles. The van der Waals surface area contributed by atoms with E-state index in [1.54, 1.807) is 6.08 Å². The molecule has 2 aliphatic carbocycles. The molecule has 8 heteroatoms. The number of aliphatic carboxylic acids is 1. The van der Waals surface area contributed by atoms with Crippen LogP contribution in [0.4, 0.5) is 0 Å². The van der Waals surface area contributed by atoms with Gasteiger partial charge in [0.2, 0.25) is 0 Å². The molecule has 0 aromatic rings. The van der Waals surface area contributed by atoms with E-state index in [0.717, 1.165) is 5.57 Å². The summed E-state index contributed by atoms with van der Waals surface area (Å²) in [5, 5.41) is 39.4. The maximum absolute atomic E-state index is 13.1. The fraction of sp³-hybridized carbons (Fsp3) is 0.760. The number of carboxylic acids is 1. The van der Waals surface area contributed by atoms with Crippen molar-refractivity contribution in [3.05, 3.63) is 23.8 Å². The van der Waals surface area contributed by atoms with Crippen molar-refractivity contribution >= 4 is 11.9 Å². The van der Waals surface area contributed by atoms with Crippen LogP contribution in [-0.4, -0.2) is 69.5 Å². The van der Waals surface area contributed by atoms with Crippen molar-refractivity contribution in [2.75, 3.05) is 7.11 Å². The second-order valence-corrected chi connectivity index (χ2v) is 9.45. The largest absolute Gasteiger partial charge is 0.481 e. The molecule has 0 spiro atoms. The van der Waals surface area contributed by atoms with E-state index in [9.17, 15) is 24.9 Å². The number of rotatable bonds is 12. The number of carbonyl (C=O) groups excluding carboxylic acids is 1. The second-order valence-electron chi connectivity index (χ2n) is 9.45. The van der Waals surface area contributed by atoms with Crippen molar-refractivity contribution in [1.82, 2.24) is 0 Å². The van der Waals surface area contributed by atoms with Gasteiger partial charge in [-0.3, -0.25) is 4.79 Å². The fourth-order valence-corrected chi connectivity index (χ4v) is 5.24. The van der Waals surface area contributed by atoms with Crippen molar-refractivity contribution in [3.8, 4) is 0 Å². The third-order valence-corrected chi connectivity index (χ3v) is 7.32. The van der Waals surface area contributed by atoms with Crippen molar-refractivity contribution in [2.24, 2.45) is 17.8 Å². The lowest BCUT2D eigenvalue weighted by Crippen LogP contribution is -2.48. The van der Waals surface area contributed by atoms with Crippen LogP contribution in [0.2, 0.25) is 0 Å². The van der Waals surface area contributed by atoms with Crippen LogP contribution in [0.15, 0.2) is 23.8 Å². The molecule has 0 amide bonds. The molecule has 2 rings (SSSR count). The number of aliphatic hydroxyl groups excluding tert-OH is 3. The van der Waals surface area contributed by atoms with Gasteiger partial charge in [-0.1, -0.05) is 39.0 Å². The first-order valence-corrected chi connectivity index (χ1v) is 12.0. The lowest BCUT2D eigenvalue weighted by atomic mass is 9.66. The Bertz CT molecular complexity index is 718. The van der Waals surface area contributed by atoms with E-state index in [4.69, 9.17) is 14.6 Å². The average molecular weight is 469 g/mol. The highest BCUT2D eigenvalue weighted by atomic mass is 16.6. The molecule has 0 saturated heterocycles. The van der Waals surface area contributed by atoms with Crippen molar-refractivity contribution in [3.63, 3.8) is 0 Å². The number of allylic oxidation sites excluding steroid dienone is 2.